The summed E-state index contributed by atoms with van der Waals surface area (Å²) in [7, 11) is 0. The molecule has 1 aliphatic heterocycles. The Morgan fingerprint density at radius 3 is 2.44 bits per heavy atom. The number of thiophene rings is 1. The zero-order valence-corrected chi connectivity index (χ0v) is 15.9. The van der Waals surface area contributed by atoms with E-state index in [1.165, 1.54) is 23.5 Å². The summed E-state index contributed by atoms with van der Waals surface area (Å²) in [6, 6.07) is 10.5. The number of nitro benzene ring substituents is 1. The van der Waals surface area contributed by atoms with Gasteiger partial charge in [0.15, 0.2) is 0 Å². The first-order valence-corrected chi connectivity index (χ1v) is 10.2. The average molecular weight is 400 g/mol. The van der Waals surface area contributed by atoms with E-state index in [2.05, 4.69) is 9.88 Å². The minimum atomic E-state index is -0.404. The highest BCUT2D eigenvalue weighted by molar-refractivity contribution is 7.20. The van der Waals surface area contributed by atoms with Gasteiger partial charge in [-0.3, -0.25) is 14.9 Å². The number of hydrogen-bond donors (Lipinski definition) is 0. The van der Waals surface area contributed by atoms with Crippen LogP contribution in [0.25, 0.3) is 9.88 Å². The van der Waals surface area contributed by atoms with E-state index < -0.39 is 4.92 Å². The number of carbonyl (C=O) groups excluding carboxylic acids is 1. The fourth-order valence-electron chi connectivity index (χ4n) is 3.00. The summed E-state index contributed by atoms with van der Waals surface area (Å²) in [6.07, 6.45) is 0. The molecular formula is C18H16N4O3S2. The number of carbonyl (C=O) groups is 1. The number of nitro groups is 1. The molecule has 0 radical (unpaired) electrons. The zero-order chi connectivity index (χ0) is 18.8. The molecule has 0 aliphatic carbocycles. The molecule has 1 aromatic carbocycles. The number of hydrogen-bond acceptors (Lipinski definition) is 7. The number of rotatable bonds is 4. The number of nitrogens with zero attached hydrogens (tertiary/aromatic N) is 4. The van der Waals surface area contributed by atoms with Crippen LogP contribution in [0.4, 0.5) is 11.4 Å². The third-order valence-electron chi connectivity index (χ3n) is 4.45. The molecule has 1 saturated heterocycles. The van der Waals surface area contributed by atoms with Gasteiger partial charge >= 0.3 is 0 Å². The molecule has 0 atom stereocenters. The molecule has 9 heteroatoms. The smallest absolute Gasteiger partial charge is 0.273 e. The molecule has 3 heterocycles. The summed E-state index contributed by atoms with van der Waals surface area (Å²) in [5.74, 6) is -0.0441. The highest BCUT2D eigenvalue weighted by Gasteiger charge is 2.24. The standard InChI is InChI=1S/C18H16N4O3S2/c23-18(15-12-27-17(19-15)16-2-1-11-26-16)21-9-7-20(8-10-21)13-3-5-14(6-4-13)22(24)25/h1-6,11-12H,7-10H2. The Kier molecular flexibility index (Phi) is 4.87. The maximum absolute atomic E-state index is 12.7. The zero-order valence-electron chi connectivity index (χ0n) is 14.3. The van der Waals surface area contributed by atoms with E-state index in [0.717, 1.165) is 15.6 Å². The van der Waals surface area contributed by atoms with Crippen molar-refractivity contribution in [1.82, 2.24) is 9.88 Å². The molecular weight excluding hydrogens is 384 g/mol. The van der Waals surface area contributed by atoms with Crippen LogP contribution in [-0.4, -0.2) is 46.9 Å². The summed E-state index contributed by atoms with van der Waals surface area (Å²) in [6.45, 7) is 2.57. The van der Waals surface area contributed by atoms with E-state index in [1.807, 2.05) is 27.8 Å². The number of piperazine rings is 1. The van der Waals surface area contributed by atoms with Crippen molar-refractivity contribution < 1.29 is 9.72 Å². The average Bonchev–Trinajstić information content (AvgIpc) is 3.39. The van der Waals surface area contributed by atoms with Crippen LogP contribution in [0, 0.1) is 10.1 Å². The number of anilines is 1. The van der Waals surface area contributed by atoms with Crippen molar-refractivity contribution in [2.45, 2.75) is 0 Å². The minimum Gasteiger partial charge on any atom is -0.368 e. The Bertz CT molecular complexity index is 945. The number of aromatic nitrogens is 1. The Morgan fingerprint density at radius 2 is 1.81 bits per heavy atom. The fourth-order valence-corrected chi connectivity index (χ4v) is 4.61. The monoisotopic (exact) mass is 400 g/mol. The molecule has 0 unspecified atom stereocenters. The van der Waals surface area contributed by atoms with E-state index in [-0.39, 0.29) is 11.6 Å². The quantitative estimate of drug-likeness (QED) is 0.492. The van der Waals surface area contributed by atoms with Crippen molar-refractivity contribution in [2.24, 2.45) is 0 Å². The Morgan fingerprint density at radius 1 is 1.07 bits per heavy atom. The molecule has 7 nitrogen and oxygen atoms in total. The van der Waals surface area contributed by atoms with Gasteiger partial charge in [-0.05, 0) is 23.6 Å². The summed E-state index contributed by atoms with van der Waals surface area (Å²) in [4.78, 5) is 32.6. The SMILES string of the molecule is O=C(c1csc(-c2cccs2)n1)N1CCN(c2ccc([N+](=O)[O-])cc2)CC1. The minimum absolute atomic E-state index is 0.0441. The van der Waals surface area contributed by atoms with Gasteiger partial charge in [0, 0.05) is 49.4 Å². The van der Waals surface area contributed by atoms with E-state index in [0.29, 0.717) is 31.9 Å². The van der Waals surface area contributed by atoms with Crippen LogP contribution in [-0.2, 0) is 0 Å². The van der Waals surface area contributed by atoms with Crippen LogP contribution < -0.4 is 4.90 Å². The lowest BCUT2D eigenvalue weighted by Crippen LogP contribution is -2.48. The lowest BCUT2D eigenvalue weighted by molar-refractivity contribution is -0.384. The molecule has 27 heavy (non-hydrogen) atoms. The molecule has 4 rings (SSSR count). The van der Waals surface area contributed by atoms with Crippen LogP contribution >= 0.6 is 22.7 Å². The largest absolute Gasteiger partial charge is 0.368 e. The van der Waals surface area contributed by atoms with Crippen LogP contribution in [0.2, 0.25) is 0 Å². The maximum Gasteiger partial charge on any atom is 0.273 e. The summed E-state index contributed by atoms with van der Waals surface area (Å²) >= 11 is 3.10. The van der Waals surface area contributed by atoms with Gasteiger partial charge in [0.1, 0.15) is 10.7 Å². The van der Waals surface area contributed by atoms with Gasteiger partial charge in [-0.2, -0.15) is 0 Å². The first-order valence-electron chi connectivity index (χ1n) is 8.40. The van der Waals surface area contributed by atoms with Crippen molar-refractivity contribution in [1.29, 1.82) is 0 Å². The van der Waals surface area contributed by atoms with Crippen molar-refractivity contribution in [3.05, 3.63) is 63.0 Å². The molecule has 1 aliphatic rings. The van der Waals surface area contributed by atoms with E-state index in [4.69, 9.17) is 0 Å². The summed E-state index contributed by atoms with van der Waals surface area (Å²) < 4.78 is 0. The van der Waals surface area contributed by atoms with E-state index >= 15 is 0 Å². The Labute approximate surface area is 163 Å². The molecule has 0 spiro atoms. The first kappa shape index (κ1) is 17.6. The van der Waals surface area contributed by atoms with E-state index in [1.54, 1.807) is 23.5 Å². The second-order valence-electron chi connectivity index (χ2n) is 6.07. The van der Waals surface area contributed by atoms with Gasteiger partial charge in [-0.25, -0.2) is 4.98 Å². The highest BCUT2D eigenvalue weighted by Crippen LogP contribution is 2.28. The predicted molar refractivity (Wildman–Crippen MR) is 107 cm³/mol. The third kappa shape index (κ3) is 3.69. The third-order valence-corrected chi connectivity index (χ3v) is 6.33. The molecule has 2 aromatic heterocycles. The highest BCUT2D eigenvalue weighted by atomic mass is 32.1. The lowest BCUT2D eigenvalue weighted by atomic mass is 10.2. The van der Waals surface area contributed by atoms with Gasteiger partial charge in [-0.1, -0.05) is 6.07 Å². The predicted octanol–water partition coefficient (Wildman–Crippen LogP) is 3.74. The fraction of sp³-hybridized carbons (Fsp3) is 0.222. The van der Waals surface area contributed by atoms with Crippen LogP contribution in [0.15, 0.2) is 47.2 Å². The second-order valence-corrected chi connectivity index (χ2v) is 7.87. The van der Waals surface area contributed by atoms with Crippen molar-refractivity contribution in [3.8, 4) is 9.88 Å². The van der Waals surface area contributed by atoms with Crippen molar-refractivity contribution in [3.63, 3.8) is 0 Å². The maximum atomic E-state index is 12.7. The molecule has 0 saturated carbocycles. The number of thiazole rings is 1. The molecule has 138 valence electrons. The van der Waals surface area contributed by atoms with E-state index in [9.17, 15) is 14.9 Å². The molecule has 0 N–H and O–H groups in total. The molecule has 1 fully saturated rings. The van der Waals surface area contributed by atoms with Crippen LogP contribution in [0.5, 0.6) is 0 Å². The van der Waals surface area contributed by atoms with Gasteiger partial charge in [0.05, 0.1) is 9.80 Å². The number of non-ortho nitro benzene ring substituents is 1. The Balaban J connectivity index is 1.38. The Hall–Kier alpha value is -2.78. The van der Waals surface area contributed by atoms with Crippen molar-refractivity contribution >= 4 is 40.0 Å². The van der Waals surface area contributed by atoms with Crippen LogP contribution in [0.3, 0.4) is 0 Å². The normalized spacial score (nSPS) is 14.4. The lowest BCUT2D eigenvalue weighted by Gasteiger charge is -2.35. The number of benzene rings is 1. The van der Waals surface area contributed by atoms with Crippen molar-refractivity contribution in [2.75, 3.05) is 31.1 Å². The second kappa shape index (κ2) is 7.45. The van der Waals surface area contributed by atoms with Gasteiger partial charge in [0.2, 0.25) is 0 Å². The first-order chi connectivity index (χ1) is 13.1. The molecule has 0 bridgehead atoms. The van der Waals surface area contributed by atoms with Crippen LogP contribution in [0.1, 0.15) is 10.5 Å². The topological polar surface area (TPSA) is 79.6 Å². The summed E-state index contributed by atoms with van der Waals surface area (Å²) in [5.41, 5.74) is 1.51. The number of amides is 1. The van der Waals surface area contributed by atoms with Gasteiger partial charge < -0.3 is 9.80 Å². The van der Waals surface area contributed by atoms with Gasteiger partial charge in [0.25, 0.3) is 11.6 Å². The van der Waals surface area contributed by atoms with Gasteiger partial charge in [-0.15, -0.1) is 22.7 Å². The summed E-state index contributed by atoms with van der Waals surface area (Å²) in [5, 5.41) is 15.4. The molecule has 1 amide bonds. The molecule has 3 aromatic rings.